The Kier molecular flexibility index (Phi) is 3.54. The van der Waals surface area contributed by atoms with E-state index in [0.717, 1.165) is 0 Å². The van der Waals surface area contributed by atoms with Crippen LogP contribution in [-0.2, 0) is 19.0 Å². The second-order valence-electron chi connectivity index (χ2n) is 5.57. The normalized spacial score (nSPS) is 27.1. The highest BCUT2D eigenvalue weighted by Crippen LogP contribution is 2.33. The molecule has 0 unspecified atom stereocenters. The molecular formula is C15H17NO6. The molecule has 118 valence electrons. The van der Waals surface area contributed by atoms with E-state index in [4.69, 9.17) is 18.9 Å². The number of amides is 1. The van der Waals surface area contributed by atoms with Crippen molar-refractivity contribution in [3.8, 4) is 5.75 Å². The van der Waals surface area contributed by atoms with Gasteiger partial charge in [0.25, 0.3) is 0 Å². The van der Waals surface area contributed by atoms with Crippen LogP contribution in [0.15, 0.2) is 24.3 Å². The minimum Gasteiger partial charge on any atom is -0.497 e. The van der Waals surface area contributed by atoms with Gasteiger partial charge in [-0.3, -0.25) is 4.90 Å². The van der Waals surface area contributed by atoms with Crippen LogP contribution in [0.1, 0.15) is 13.8 Å². The number of methoxy groups -OCH3 is 1. The van der Waals surface area contributed by atoms with Gasteiger partial charge in [0.05, 0.1) is 13.7 Å². The molecule has 0 bridgehead atoms. The number of benzene rings is 1. The first-order valence-corrected chi connectivity index (χ1v) is 6.92. The third-order valence-corrected chi connectivity index (χ3v) is 3.64. The van der Waals surface area contributed by atoms with E-state index in [-0.39, 0.29) is 6.61 Å². The first-order valence-electron chi connectivity index (χ1n) is 6.92. The van der Waals surface area contributed by atoms with Gasteiger partial charge in [0.2, 0.25) is 0 Å². The van der Waals surface area contributed by atoms with E-state index in [1.54, 1.807) is 45.2 Å². The van der Waals surface area contributed by atoms with Gasteiger partial charge in [-0.2, -0.15) is 0 Å². The highest BCUT2D eigenvalue weighted by molar-refractivity contribution is 6.07. The number of anilines is 1. The number of cyclic esters (lactones) is 2. The SMILES string of the molecule is COc1ccc(N2C(=O)OC(=O)[C@@H]2[C@H]2COC(C)(C)O2)cc1. The van der Waals surface area contributed by atoms with Gasteiger partial charge in [0.15, 0.2) is 11.8 Å². The van der Waals surface area contributed by atoms with Crippen molar-refractivity contribution in [3.05, 3.63) is 24.3 Å². The van der Waals surface area contributed by atoms with Gasteiger partial charge < -0.3 is 18.9 Å². The molecule has 2 heterocycles. The molecule has 1 amide bonds. The molecule has 0 N–H and O–H groups in total. The van der Waals surface area contributed by atoms with Crippen LogP contribution in [0.2, 0.25) is 0 Å². The average molecular weight is 307 g/mol. The Morgan fingerprint density at radius 3 is 2.45 bits per heavy atom. The van der Waals surface area contributed by atoms with E-state index in [0.29, 0.717) is 11.4 Å². The first-order chi connectivity index (χ1) is 10.4. The molecule has 0 aliphatic carbocycles. The van der Waals surface area contributed by atoms with E-state index < -0.39 is 30.0 Å². The van der Waals surface area contributed by atoms with Crippen LogP contribution in [0.25, 0.3) is 0 Å². The molecule has 3 rings (SSSR count). The molecule has 0 aromatic heterocycles. The van der Waals surface area contributed by atoms with Crippen molar-refractivity contribution in [1.82, 2.24) is 0 Å². The smallest absolute Gasteiger partial charge is 0.423 e. The minimum absolute atomic E-state index is 0.215. The standard InChI is InChI=1S/C15H17NO6/c1-15(2)20-8-11(22-15)12-13(17)21-14(18)16(12)9-4-6-10(19-3)7-5-9/h4-7,11-12H,8H2,1-3H3/t11-,12+/m1/s1. The quantitative estimate of drug-likeness (QED) is 0.625. The highest BCUT2D eigenvalue weighted by Gasteiger charge is 2.51. The largest absolute Gasteiger partial charge is 0.497 e. The van der Waals surface area contributed by atoms with Crippen LogP contribution in [0.5, 0.6) is 5.75 Å². The van der Waals surface area contributed by atoms with Gasteiger partial charge in [-0.25, -0.2) is 9.59 Å². The molecule has 1 aromatic carbocycles. The van der Waals surface area contributed by atoms with Crippen molar-refractivity contribution < 1.29 is 28.5 Å². The number of esters is 1. The molecule has 2 saturated heterocycles. The molecule has 0 saturated carbocycles. The van der Waals surface area contributed by atoms with Gasteiger partial charge in [0.1, 0.15) is 11.9 Å². The Bertz CT molecular complexity index is 597. The van der Waals surface area contributed by atoms with Crippen LogP contribution >= 0.6 is 0 Å². The third-order valence-electron chi connectivity index (χ3n) is 3.64. The summed E-state index contributed by atoms with van der Waals surface area (Å²) in [5.41, 5.74) is 0.537. The van der Waals surface area contributed by atoms with Gasteiger partial charge in [-0.05, 0) is 38.1 Å². The Morgan fingerprint density at radius 2 is 1.91 bits per heavy atom. The molecule has 7 nitrogen and oxygen atoms in total. The predicted octanol–water partition coefficient (Wildman–Crippen LogP) is 1.70. The Labute approximate surface area is 127 Å². The van der Waals surface area contributed by atoms with Gasteiger partial charge >= 0.3 is 12.1 Å². The molecule has 2 aliphatic heterocycles. The van der Waals surface area contributed by atoms with Crippen LogP contribution in [0.4, 0.5) is 10.5 Å². The maximum atomic E-state index is 12.0. The zero-order valence-electron chi connectivity index (χ0n) is 12.6. The number of ether oxygens (including phenoxy) is 4. The number of hydrogen-bond donors (Lipinski definition) is 0. The van der Waals surface area contributed by atoms with E-state index in [9.17, 15) is 9.59 Å². The van der Waals surface area contributed by atoms with Gasteiger partial charge in [0, 0.05) is 5.69 Å². The number of hydrogen-bond acceptors (Lipinski definition) is 6. The second kappa shape index (κ2) is 5.26. The fraction of sp³-hybridized carbons (Fsp3) is 0.467. The lowest BCUT2D eigenvalue weighted by Crippen LogP contribution is -2.46. The van der Waals surface area contributed by atoms with Crippen molar-refractivity contribution in [2.75, 3.05) is 18.6 Å². The lowest BCUT2D eigenvalue weighted by Gasteiger charge is -2.25. The molecule has 22 heavy (non-hydrogen) atoms. The van der Waals surface area contributed by atoms with Crippen molar-refractivity contribution in [1.29, 1.82) is 0 Å². The summed E-state index contributed by atoms with van der Waals surface area (Å²) in [6, 6.07) is 5.93. The average Bonchev–Trinajstić information content (AvgIpc) is 2.97. The summed E-state index contributed by atoms with van der Waals surface area (Å²) in [5.74, 6) is -0.768. The van der Waals surface area contributed by atoms with Crippen molar-refractivity contribution in [3.63, 3.8) is 0 Å². The van der Waals surface area contributed by atoms with Crippen molar-refractivity contribution in [2.45, 2.75) is 31.8 Å². The molecule has 7 heteroatoms. The van der Waals surface area contributed by atoms with E-state index in [2.05, 4.69) is 0 Å². The van der Waals surface area contributed by atoms with E-state index in [1.165, 1.54) is 4.90 Å². The topological polar surface area (TPSA) is 74.3 Å². The molecule has 0 spiro atoms. The van der Waals surface area contributed by atoms with Gasteiger partial charge in [-0.1, -0.05) is 0 Å². The fourth-order valence-corrected chi connectivity index (χ4v) is 2.61. The number of carbonyl (C=O) groups excluding carboxylic acids is 2. The minimum atomic E-state index is -0.859. The summed E-state index contributed by atoms with van der Waals surface area (Å²) in [7, 11) is 1.55. The Balaban J connectivity index is 1.89. The summed E-state index contributed by atoms with van der Waals surface area (Å²) in [5, 5.41) is 0. The predicted molar refractivity (Wildman–Crippen MR) is 75.7 cm³/mol. The lowest BCUT2D eigenvalue weighted by atomic mass is 10.1. The summed E-state index contributed by atoms with van der Waals surface area (Å²) in [4.78, 5) is 25.4. The van der Waals surface area contributed by atoms with Crippen LogP contribution < -0.4 is 9.64 Å². The zero-order valence-corrected chi connectivity index (χ0v) is 12.6. The highest BCUT2D eigenvalue weighted by atomic mass is 16.7. The van der Waals surface area contributed by atoms with Gasteiger partial charge in [-0.15, -0.1) is 0 Å². The maximum Gasteiger partial charge on any atom is 0.423 e. The van der Waals surface area contributed by atoms with E-state index >= 15 is 0 Å². The molecule has 2 atom stereocenters. The third kappa shape index (κ3) is 2.53. The molecular weight excluding hydrogens is 290 g/mol. The molecule has 2 aliphatic rings. The zero-order chi connectivity index (χ0) is 15.9. The first kappa shape index (κ1) is 14.8. The molecule has 2 fully saturated rings. The van der Waals surface area contributed by atoms with Crippen LogP contribution in [-0.4, -0.2) is 43.7 Å². The molecule has 0 radical (unpaired) electrons. The summed E-state index contributed by atoms with van der Waals surface area (Å²) >= 11 is 0. The number of carbonyl (C=O) groups is 2. The number of rotatable bonds is 3. The van der Waals surface area contributed by atoms with Crippen molar-refractivity contribution in [2.24, 2.45) is 0 Å². The van der Waals surface area contributed by atoms with E-state index in [1.807, 2.05) is 0 Å². The Morgan fingerprint density at radius 1 is 1.23 bits per heavy atom. The summed E-state index contributed by atoms with van der Waals surface area (Å²) in [6.45, 7) is 3.73. The molecule has 1 aromatic rings. The maximum absolute atomic E-state index is 12.0. The fourth-order valence-electron chi connectivity index (χ4n) is 2.61. The number of nitrogens with zero attached hydrogens (tertiary/aromatic N) is 1. The summed E-state index contributed by atoms with van der Waals surface area (Å²) < 4.78 is 21.0. The lowest BCUT2D eigenvalue weighted by molar-refractivity contribution is -0.149. The van der Waals surface area contributed by atoms with Crippen LogP contribution in [0.3, 0.4) is 0 Å². The van der Waals surface area contributed by atoms with Crippen molar-refractivity contribution >= 4 is 17.7 Å². The monoisotopic (exact) mass is 307 g/mol. The van der Waals surface area contributed by atoms with Crippen LogP contribution in [0, 0.1) is 0 Å². The Hall–Kier alpha value is -2.12. The second-order valence-corrected chi connectivity index (χ2v) is 5.57. The summed E-state index contributed by atoms with van der Waals surface area (Å²) in [6.07, 6.45) is -1.29.